The van der Waals surface area contributed by atoms with E-state index in [-0.39, 0.29) is 0 Å². The minimum Gasteiger partial charge on any atom is -0.394 e. The number of unbranched alkanes of at least 4 members (excludes halogenated alkanes) is 23. The molecular formula is C47H87NO5. The van der Waals surface area contributed by atoms with Gasteiger partial charge in [0.25, 0.3) is 0 Å². The zero-order chi connectivity index (χ0) is 38.9. The van der Waals surface area contributed by atoms with E-state index in [1.54, 1.807) is 0 Å². The standard InChI is InChI=1S/C47H87NO5/c1-3-5-7-9-11-13-14-15-16-17-18-19-20-21-22-23-24-25-26-27-28-29-30-31-33-35-37-39-41-45(51)47(53)48-43(42-49)46(52)44(50)40-38-36-34-32-12-10-8-6-4-2/h6,8,18-19,21-22,32,34,43-46,49-52H,3-5,7,9-17,20,23-31,33,35-42H2,1-2H3,(H,48,53)/b8-6+,19-18-,22-21-,34-32+. The van der Waals surface area contributed by atoms with Crippen molar-refractivity contribution in [3.63, 3.8) is 0 Å². The normalized spacial score (nSPS) is 14.6. The third kappa shape index (κ3) is 35.7. The quantitative estimate of drug-likeness (QED) is 0.0317. The molecule has 0 spiro atoms. The number of aliphatic hydroxyl groups is 4. The molecule has 4 atom stereocenters. The fourth-order valence-corrected chi connectivity index (χ4v) is 6.69. The summed E-state index contributed by atoms with van der Waals surface area (Å²) in [5.74, 6) is -0.603. The highest BCUT2D eigenvalue weighted by molar-refractivity contribution is 5.80. The van der Waals surface area contributed by atoms with E-state index in [4.69, 9.17) is 0 Å². The smallest absolute Gasteiger partial charge is 0.249 e. The molecule has 0 aromatic heterocycles. The van der Waals surface area contributed by atoms with Crippen LogP contribution in [0.5, 0.6) is 0 Å². The van der Waals surface area contributed by atoms with E-state index in [1.165, 1.54) is 128 Å². The predicted molar refractivity (Wildman–Crippen MR) is 228 cm³/mol. The molecule has 0 saturated heterocycles. The maximum absolute atomic E-state index is 12.5. The van der Waals surface area contributed by atoms with Crippen molar-refractivity contribution in [3.05, 3.63) is 48.6 Å². The molecule has 0 aliphatic carbocycles. The molecule has 0 aromatic rings. The van der Waals surface area contributed by atoms with Crippen LogP contribution in [0.25, 0.3) is 0 Å². The first-order valence-electron chi connectivity index (χ1n) is 22.5. The SMILES string of the molecule is CC/C=C/CC/C=C/CCCC(O)C(O)C(CO)NC(=O)C(O)CCCCCCCCCCCCCC/C=C\C/C=C\CCCCCCCCCCC. The van der Waals surface area contributed by atoms with Crippen molar-refractivity contribution >= 4 is 5.91 Å². The third-order valence-corrected chi connectivity index (χ3v) is 10.3. The van der Waals surface area contributed by atoms with Gasteiger partial charge in [-0.2, -0.15) is 0 Å². The second-order valence-electron chi connectivity index (χ2n) is 15.3. The summed E-state index contributed by atoms with van der Waals surface area (Å²) in [6.45, 7) is 3.90. The highest BCUT2D eigenvalue weighted by Crippen LogP contribution is 2.15. The molecular weight excluding hydrogens is 659 g/mol. The minimum absolute atomic E-state index is 0.357. The summed E-state index contributed by atoms with van der Waals surface area (Å²) in [4.78, 5) is 12.5. The highest BCUT2D eigenvalue weighted by Gasteiger charge is 2.28. The molecule has 6 heteroatoms. The number of allylic oxidation sites excluding steroid dienone is 8. The van der Waals surface area contributed by atoms with Crippen LogP contribution in [0.4, 0.5) is 0 Å². The molecule has 0 saturated carbocycles. The van der Waals surface area contributed by atoms with Crippen LogP contribution in [0.1, 0.15) is 213 Å². The van der Waals surface area contributed by atoms with Gasteiger partial charge in [-0.3, -0.25) is 4.79 Å². The fraction of sp³-hybridized carbons (Fsp3) is 0.809. The summed E-state index contributed by atoms with van der Waals surface area (Å²) in [6, 6.07) is -1.01. The van der Waals surface area contributed by atoms with Gasteiger partial charge in [0.15, 0.2) is 0 Å². The number of aliphatic hydroxyl groups excluding tert-OH is 4. The van der Waals surface area contributed by atoms with Crippen molar-refractivity contribution in [1.29, 1.82) is 0 Å². The fourth-order valence-electron chi connectivity index (χ4n) is 6.69. The van der Waals surface area contributed by atoms with E-state index in [0.717, 1.165) is 51.4 Å². The summed E-state index contributed by atoms with van der Waals surface area (Å²) < 4.78 is 0. The number of nitrogens with one attached hydrogen (secondary N) is 1. The Morgan fingerprint density at radius 3 is 1.40 bits per heavy atom. The Labute approximate surface area is 328 Å². The predicted octanol–water partition coefficient (Wildman–Crippen LogP) is 11.9. The summed E-state index contributed by atoms with van der Waals surface area (Å²) in [5, 5.41) is 43.4. The molecule has 1 amide bonds. The summed E-state index contributed by atoms with van der Waals surface area (Å²) in [6.07, 6.45) is 50.3. The first kappa shape index (κ1) is 51.3. The van der Waals surface area contributed by atoms with Crippen LogP contribution in [-0.4, -0.2) is 57.3 Å². The molecule has 0 radical (unpaired) electrons. The number of rotatable bonds is 40. The van der Waals surface area contributed by atoms with Gasteiger partial charge in [0.1, 0.15) is 12.2 Å². The molecule has 53 heavy (non-hydrogen) atoms. The molecule has 0 heterocycles. The zero-order valence-electron chi connectivity index (χ0n) is 34.8. The van der Waals surface area contributed by atoms with E-state index in [0.29, 0.717) is 19.3 Å². The van der Waals surface area contributed by atoms with Crippen molar-refractivity contribution in [1.82, 2.24) is 5.32 Å². The molecule has 4 unspecified atom stereocenters. The Hall–Kier alpha value is -1.73. The van der Waals surface area contributed by atoms with Crippen LogP contribution in [0.3, 0.4) is 0 Å². The maximum Gasteiger partial charge on any atom is 0.249 e. The Bertz CT molecular complexity index is 884. The molecule has 310 valence electrons. The number of hydrogen-bond acceptors (Lipinski definition) is 5. The van der Waals surface area contributed by atoms with Gasteiger partial charge >= 0.3 is 0 Å². The van der Waals surface area contributed by atoms with Gasteiger partial charge < -0.3 is 25.7 Å². The van der Waals surface area contributed by atoms with Crippen LogP contribution < -0.4 is 5.32 Å². The van der Waals surface area contributed by atoms with E-state index in [2.05, 4.69) is 67.8 Å². The van der Waals surface area contributed by atoms with Gasteiger partial charge in [0, 0.05) is 0 Å². The largest absolute Gasteiger partial charge is 0.394 e. The monoisotopic (exact) mass is 746 g/mol. The summed E-state index contributed by atoms with van der Waals surface area (Å²) >= 11 is 0. The minimum atomic E-state index is -1.29. The molecule has 6 nitrogen and oxygen atoms in total. The molecule has 0 aromatic carbocycles. The second-order valence-corrected chi connectivity index (χ2v) is 15.3. The molecule has 0 aliphatic rings. The highest BCUT2D eigenvalue weighted by atomic mass is 16.3. The van der Waals surface area contributed by atoms with E-state index >= 15 is 0 Å². The second kappa shape index (κ2) is 41.4. The van der Waals surface area contributed by atoms with Crippen molar-refractivity contribution in [2.75, 3.05) is 6.61 Å². The number of amides is 1. The van der Waals surface area contributed by atoms with Gasteiger partial charge in [0.2, 0.25) is 5.91 Å². The van der Waals surface area contributed by atoms with Crippen molar-refractivity contribution in [3.8, 4) is 0 Å². The number of carbonyl (C=O) groups excluding carboxylic acids is 1. The maximum atomic E-state index is 12.5. The molecule has 0 aliphatic heterocycles. The molecule has 0 bridgehead atoms. The van der Waals surface area contributed by atoms with E-state index in [1.807, 2.05) is 0 Å². The lowest BCUT2D eigenvalue weighted by Crippen LogP contribution is -2.53. The Balaban J connectivity index is 3.65. The lowest BCUT2D eigenvalue weighted by Gasteiger charge is -2.27. The molecule has 0 rings (SSSR count). The lowest BCUT2D eigenvalue weighted by atomic mass is 10.00. The third-order valence-electron chi connectivity index (χ3n) is 10.3. The Morgan fingerprint density at radius 2 is 0.906 bits per heavy atom. The van der Waals surface area contributed by atoms with Crippen molar-refractivity contribution < 1.29 is 25.2 Å². The summed E-state index contributed by atoms with van der Waals surface area (Å²) in [5.41, 5.74) is 0. The van der Waals surface area contributed by atoms with Crippen LogP contribution in [0.2, 0.25) is 0 Å². The molecule has 0 fully saturated rings. The zero-order valence-corrected chi connectivity index (χ0v) is 34.8. The molecule has 5 N–H and O–H groups in total. The van der Waals surface area contributed by atoms with Gasteiger partial charge in [0.05, 0.1) is 18.8 Å². The van der Waals surface area contributed by atoms with Crippen LogP contribution in [-0.2, 0) is 4.79 Å². The van der Waals surface area contributed by atoms with E-state index < -0.39 is 36.9 Å². The first-order valence-corrected chi connectivity index (χ1v) is 22.5. The van der Waals surface area contributed by atoms with Gasteiger partial charge in [-0.25, -0.2) is 0 Å². The van der Waals surface area contributed by atoms with Crippen LogP contribution >= 0.6 is 0 Å². The van der Waals surface area contributed by atoms with Gasteiger partial charge in [-0.15, -0.1) is 0 Å². The first-order chi connectivity index (χ1) is 26.0. The Morgan fingerprint density at radius 1 is 0.491 bits per heavy atom. The van der Waals surface area contributed by atoms with Gasteiger partial charge in [-0.1, -0.05) is 184 Å². The van der Waals surface area contributed by atoms with Crippen molar-refractivity contribution in [2.45, 2.75) is 237 Å². The van der Waals surface area contributed by atoms with E-state index in [9.17, 15) is 25.2 Å². The average molecular weight is 746 g/mol. The lowest BCUT2D eigenvalue weighted by molar-refractivity contribution is -0.132. The Kier molecular flexibility index (Phi) is 40.1. The van der Waals surface area contributed by atoms with Crippen LogP contribution in [0.15, 0.2) is 48.6 Å². The number of carbonyl (C=O) groups is 1. The number of hydrogen-bond donors (Lipinski definition) is 5. The van der Waals surface area contributed by atoms with Crippen LogP contribution in [0, 0.1) is 0 Å². The summed E-state index contributed by atoms with van der Waals surface area (Å²) in [7, 11) is 0. The van der Waals surface area contributed by atoms with Crippen molar-refractivity contribution in [2.24, 2.45) is 0 Å². The average Bonchev–Trinajstić information content (AvgIpc) is 3.16. The van der Waals surface area contributed by atoms with Gasteiger partial charge in [-0.05, 0) is 77.0 Å². The topological polar surface area (TPSA) is 110 Å².